The summed E-state index contributed by atoms with van der Waals surface area (Å²) in [5.41, 5.74) is 0.546. The van der Waals surface area contributed by atoms with Crippen molar-refractivity contribution < 1.29 is 28.5 Å². The summed E-state index contributed by atoms with van der Waals surface area (Å²) in [6, 6.07) is 0. The van der Waals surface area contributed by atoms with Gasteiger partial charge in [-0.15, -0.1) is 0 Å². The number of hydrogen-bond donors (Lipinski definition) is 0. The van der Waals surface area contributed by atoms with E-state index >= 15 is 0 Å². The molecule has 0 radical (unpaired) electrons. The molecule has 1 aliphatic carbocycles. The van der Waals surface area contributed by atoms with Crippen LogP contribution in [0.2, 0.25) is 0 Å². The predicted molar refractivity (Wildman–Crippen MR) is 98.2 cm³/mol. The Balaban J connectivity index is 1.76. The maximum atomic E-state index is 12.1. The largest absolute Gasteiger partial charge is 0.442 e. The highest BCUT2D eigenvalue weighted by Gasteiger charge is 2.72. The molecule has 0 aromatic heterocycles. The van der Waals surface area contributed by atoms with E-state index in [2.05, 4.69) is 26.8 Å². The molecule has 0 aromatic rings. The van der Waals surface area contributed by atoms with E-state index in [-0.39, 0.29) is 17.6 Å². The zero-order valence-corrected chi connectivity index (χ0v) is 17.2. The van der Waals surface area contributed by atoms with Gasteiger partial charge in [-0.05, 0) is 40.0 Å². The zero-order chi connectivity index (χ0) is 20.0. The highest BCUT2D eigenvalue weighted by Crippen LogP contribution is 2.59. The van der Waals surface area contributed by atoms with Crippen molar-refractivity contribution in [3.63, 3.8) is 0 Å². The Labute approximate surface area is 165 Å². The molecule has 1 saturated carbocycles. The van der Waals surface area contributed by atoms with Crippen molar-refractivity contribution in [1.29, 1.82) is 0 Å². The van der Waals surface area contributed by atoms with E-state index in [0.717, 1.165) is 12.8 Å². The molecule has 0 bridgehead atoms. The molecule has 2 amide bonds. The number of amides is 2. The third-order valence-electron chi connectivity index (χ3n) is 5.93. The van der Waals surface area contributed by atoms with Gasteiger partial charge in [0.15, 0.2) is 0 Å². The summed E-state index contributed by atoms with van der Waals surface area (Å²) in [6.07, 6.45) is 2.59. The molecule has 2 saturated heterocycles. The Hall–Kier alpha value is -1.15. The molecule has 3 rings (SSSR count). The number of imide groups is 1. The van der Waals surface area contributed by atoms with Gasteiger partial charge < -0.3 is 18.9 Å². The number of rotatable bonds is 5. The summed E-state index contributed by atoms with van der Waals surface area (Å²) in [5.74, 6) is -0.664. The van der Waals surface area contributed by atoms with Crippen molar-refractivity contribution in [2.24, 2.45) is 5.92 Å². The minimum absolute atomic E-state index is 0.0711. The summed E-state index contributed by atoms with van der Waals surface area (Å²) < 4.78 is 23.7. The number of carbonyl (C=O) groups is 2. The zero-order valence-electron chi connectivity index (χ0n) is 16.5. The fourth-order valence-corrected chi connectivity index (χ4v) is 4.41. The van der Waals surface area contributed by atoms with Crippen LogP contribution in [0.5, 0.6) is 0 Å². The lowest BCUT2D eigenvalue weighted by atomic mass is 9.68. The summed E-state index contributed by atoms with van der Waals surface area (Å²) in [5, 5.41) is 0. The average molecular weight is 402 g/mol. The average Bonchev–Trinajstić information content (AvgIpc) is 3.51. The first-order valence-electron chi connectivity index (χ1n) is 9.29. The van der Waals surface area contributed by atoms with E-state index in [1.54, 1.807) is 7.11 Å². The second-order valence-electron chi connectivity index (χ2n) is 8.10. The van der Waals surface area contributed by atoms with Crippen LogP contribution in [-0.2, 0) is 23.7 Å². The Morgan fingerprint density at radius 2 is 2.00 bits per heavy atom. The lowest BCUT2D eigenvalue weighted by Gasteiger charge is -2.42. The molecule has 3 aliphatic rings. The molecule has 1 spiro atoms. The molecule has 2 aliphatic heterocycles. The fraction of sp³-hybridized carbons (Fsp3) is 0.789. The smallest absolute Gasteiger partial charge is 0.432 e. The minimum Gasteiger partial charge on any atom is -0.442 e. The predicted octanol–water partition coefficient (Wildman–Crippen LogP) is 3.20. The molecule has 0 aromatic carbocycles. The van der Waals surface area contributed by atoms with Gasteiger partial charge in [-0.3, -0.25) is 4.79 Å². The number of allylic oxidation sites excluding steroid dienone is 1. The number of ether oxygens (including phenoxy) is 4. The first-order chi connectivity index (χ1) is 12.6. The number of halogens is 1. The lowest BCUT2D eigenvalue weighted by Crippen LogP contribution is -2.56. The van der Waals surface area contributed by atoms with Crippen LogP contribution in [0, 0.1) is 5.92 Å². The topological polar surface area (TPSA) is 80.9 Å². The number of carbonyl (C=O) groups excluding carboxylic acids is 2. The van der Waals surface area contributed by atoms with Gasteiger partial charge in [0.1, 0.15) is 23.4 Å². The van der Waals surface area contributed by atoms with Crippen LogP contribution >= 0.6 is 11.8 Å². The van der Waals surface area contributed by atoms with Crippen molar-refractivity contribution in [3.05, 3.63) is 11.6 Å². The maximum absolute atomic E-state index is 12.1. The van der Waals surface area contributed by atoms with Gasteiger partial charge in [0.25, 0.3) is 0 Å². The van der Waals surface area contributed by atoms with Crippen LogP contribution in [0.15, 0.2) is 11.6 Å². The molecular formula is C19H28ClNO6. The summed E-state index contributed by atoms with van der Waals surface area (Å²) in [7, 11) is 1.60. The molecule has 152 valence electrons. The molecule has 6 atom stereocenters. The summed E-state index contributed by atoms with van der Waals surface area (Å²) in [4.78, 5) is 23.4. The molecule has 3 fully saturated rings. The number of methoxy groups -OCH3 is 1. The van der Waals surface area contributed by atoms with E-state index < -0.39 is 29.8 Å². The highest BCUT2D eigenvalue weighted by molar-refractivity contribution is 6.28. The second-order valence-corrected chi connectivity index (χ2v) is 8.44. The van der Waals surface area contributed by atoms with Crippen LogP contribution in [0.25, 0.3) is 0 Å². The van der Waals surface area contributed by atoms with Crippen molar-refractivity contribution in [1.82, 2.24) is 4.42 Å². The normalized spacial score (nSPS) is 39.6. The van der Waals surface area contributed by atoms with Crippen molar-refractivity contribution in [2.45, 2.75) is 76.5 Å². The molecule has 7 nitrogen and oxygen atoms in total. The maximum Gasteiger partial charge on any atom is 0.432 e. The van der Waals surface area contributed by atoms with Crippen LogP contribution in [0.3, 0.4) is 0 Å². The lowest BCUT2D eigenvalue weighted by molar-refractivity contribution is -0.130. The Bertz CT molecular complexity index is 644. The van der Waals surface area contributed by atoms with Crippen LogP contribution in [0.1, 0.15) is 47.0 Å². The second kappa shape index (κ2) is 7.35. The van der Waals surface area contributed by atoms with Crippen molar-refractivity contribution in [3.8, 4) is 0 Å². The van der Waals surface area contributed by atoms with E-state index in [9.17, 15) is 9.59 Å². The first-order valence-corrected chi connectivity index (χ1v) is 9.63. The number of hydrogen-bond acceptors (Lipinski definition) is 6. The van der Waals surface area contributed by atoms with Crippen LogP contribution < -0.4 is 0 Å². The van der Waals surface area contributed by atoms with Gasteiger partial charge in [0, 0.05) is 25.8 Å². The van der Waals surface area contributed by atoms with Gasteiger partial charge in [-0.1, -0.05) is 11.6 Å². The third kappa shape index (κ3) is 3.88. The van der Waals surface area contributed by atoms with Gasteiger partial charge in [0.2, 0.25) is 5.91 Å². The summed E-state index contributed by atoms with van der Waals surface area (Å²) >= 11 is 5.69. The Kier molecular flexibility index (Phi) is 5.60. The first kappa shape index (κ1) is 20.6. The van der Waals surface area contributed by atoms with Crippen molar-refractivity contribution >= 4 is 23.8 Å². The molecular weight excluding hydrogens is 374 g/mol. The highest BCUT2D eigenvalue weighted by atomic mass is 35.5. The van der Waals surface area contributed by atoms with Gasteiger partial charge in [0.05, 0.1) is 18.6 Å². The molecule has 2 heterocycles. The Morgan fingerprint density at radius 1 is 1.33 bits per heavy atom. The third-order valence-corrected chi connectivity index (χ3v) is 6.30. The van der Waals surface area contributed by atoms with Gasteiger partial charge in [-0.2, -0.15) is 4.42 Å². The quantitative estimate of drug-likeness (QED) is 0.399. The minimum atomic E-state index is -0.884. The van der Waals surface area contributed by atoms with E-state index in [1.165, 1.54) is 12.5 Å². The van der Waals surface area contributed by atoms with Crippen molar-refractivity contribution in [2.75, 3.05) is 13.7 Å². The number of epoxide rings is 2. The van der Waals surface area contributed by atoms with E-state index in [0.29, 0.717) is 17.4 Å². The van der Waals surface area contributed by atoms with Crippen LogP contribution in [-0.4, -0.2) is 59.7 Å². The molecule has 0 unspecified atom stereocenters. The fourth-order valence-electron chi connectivity index (χ4n) is 4.37. The van der Waals surface area contributed by atoms with Gasteiger partial charge in [-0.25, -0.2) is 4.79 Å². The monoisotopic (exact) mass is 401 g/mol. The van der Waals surface area contributed by atoms with E-state index in [1.807, 2.05) is 0 Å². The summed E-state index contributed by atoms with van der Waals surface area (Å²) in [6.45, 7) is 8.05. The molecule has 8 heteroatoms. The SMILES string of the molecule is CO[C@@H]1[C@H](OC(=O)N(Cl)C(C)=O)CC[C@]2(CO2)[C@H]1[C@@]1(C)O[C@@H]1CC=C(C)C. The van der Waals surface area contributed by atoms with E-state index in [4.69, 9.17) is 30.7 Å². The Morgan fingerprint density at radius 3 is 2.52 bits per heavy atom. The molecule has 0 N–H and O–H groups in total. The number of nitrogens with zero attached hydrogens (tertiary/aromatic N) is 1. The molecule has 27 heavy (non-hydrogen) atoms. The standard InChI is InChI=1S/C19H28ClNO6/c1-11(2)6-7-14-18(4,27-14)16-15(24-5)13(8-9-19(16)10-25-19)26-17(23)21(20)12(3)22/h6,13-16H,7-10H2,1-5H3/t13-,14-,15-,16-,18+,19+/m1/s1. The van der Waals surface area contributed by atoms with Gasteiger partial charge >= 0.3 is 6.09 Å². The van der Waals surface area contributed by atoms with Crippen LogP contribution in [0.4, 0.5) is 4.79 Å².